The normalized spacial score (nSPS) is 11.1. The first-order valence-corrected chi connectivity index (χ1v) is 10.3. The summed E-state index contributed by atoms with van der Waals surface area (Å²) in [7, 11) is -3.33. The minimum atomic E-state index is -3.33. The van der Waals surface area contributed by atoms with E-state index in [9.17, 15) is 13.2 Å². The largest absolute Gasteiger partial charge is 0.351 e. The number of hydrogen-bond acceptors (Lipinski definition) is 4. The van der Waals surface area contributed by atoms with E-state index < -0.39 is 10.0 Å². The molecule has 2 rings (SSSR count). The third kappa shape index (κ3) is 5.90. The Bertz CT molecular complexity index is 806. The van der Waals surface area contributed by atoms with E-state index in [-0.39, 0.29) is 5.91 Å². The maximum atomic E-state index is 12.1. The molecule has 128 valence electrons. The van der Waals surface area contributed by atoms with Gasteiger partial charge in [0.25, 0.3) is 5.91 Å². The van der Waals surface area contributed by atoms with Gasteiger partial charge in [-0.15, -0.1) is 11.8 Å². The lowest BCUT2D eigenvalue weighted by molar-refractivity contribution is 0.0956. The second-order valence-electron chi connectivity index (χ2n) is 5.32. The molecule has 5 nitrogen and oxygen atoms in total. The van der Waals surface area contributed by atoms with Crippen LogP contribution in [0.25, 0.3) is 0 Å². The molecule has 0 aromatic heterocycles. The molecule has 0 unspecified atom stereocenters. The number of hydrogen-bond donors (Lipinski definition) is 2. The zero-order valence-corrected chi connectivity index (χ0v) is 15.2. The average Bonchev–Trinajstić information content (AvgIpc) is 2.53. The quantitative estimate of drug-likeness (QED) is 0.585. The summed E-state index contributed by atoms with van der Waals surface area (Å²) >= 11 is 1.68. The first-order valence-electron chi connectivity index (χ1n) is 7.39. The Morgan fingerprint density at radius 2 is 1.83 bits per heavy atom. The van der Waals surface area contributed by atoms with Gasteiger partial charge in [-0.1, -0.05) is 18.2 Å². The highest BCUT2D eigenvalue weighted by atomic mass is 32.2. The van der Waals surface area contributed by atoms with Crippen molar-refractivity contribution in [3.8, 4) is 0 Å². The summed E-state index contributed by atoms with van der Waals surface area (Å²) in [4.78, 5) is 13.3. The minimum Gasteiger partial charge on any atom is -0.351 e. The van der Waals surface area contributed by atoms with Crippen LogP contribution in [0.4, 0.5) is 5.69 Å². The third-order valence-corrected chi connectivity index (χ3v) is 4.79. The van der Waals surface area contributed by atoms with Crippen molar-refractivity contribution in [1.82, 2.24) is 5.32 Å². The van der Waals surface area contributed by atoms with Crippen molar-refractivity contribution in [1.29, 1.82) is 0 Å². The number of thioether (sulfide) groups is 1. The fourth-order valence-electron chi connectivity index (χ4n) is 2.07. The van der Waals surface area contributed by atoms with Gasteiger partial charge in [-0.2, -0.15) is 0 Å². The van der Waals surface area contributed by atoms with Crippen LogP contribution in [0.3, 0.4) is 0 Å². The van der Waals surface area contributed by atoms with E-state index in [1.807, 2.05) is 30.3 Å². The van der Waals surface area contributed by atoms with Gasteiger partial charge in [0.2, 0.25) is 10.0 Å². The van der Waals surface area contributed by atoms with Crippen LogP contribution in [-0.2, 0) is 10.0 Å². The van der Waals surface area contributed by atoms with Crippen LogP contribution in [0.15, 0.2) is 53.4 Å². The van der Waals surface area contributed by atoms with Gasteiger partial charge in [-0.05, 0) is 42.8 Å². The Balaban J connectivity index is 1.87. The van der Waals surface area contributed by atoms with Crippen molar-refractivity contribution in [3.05, 3.63) is 59.7 Å². The van der Waals surface area contributed by atoms with Crippen LogP contribution < -0.4 is 10.0 Å². The Morgan fingerprint density at radius 3 is 2.46 bits per heavy atom. The Labute approximate surface area is 146 Å². The lowest BCUT2D eigenvalue weighted by Crippen LogP contribution is -2.25. The number of amides is 1. The lowest BCUT2D eigenvalue weighted by Gasteiger charge is -2.10. The van der Waals surface area contributed by atoms with Crippen LogP contribution in [0.5, 0.6) is 0 Å². The first-order chi connectivity index (χ1) is 11.3. The van der Waals surface area contributed by atoms with E-state index in [2.05, 4.69) is 10.0 Å². The molecule has 0 saturated heterocycles. The van der Waals surface area contributed by atoms with Crippen molar-refractivity contribution < 1.29 is 13.2 Å². The Hall–Kier alpha value is -1.99. The smallest absolute Gasteiger partial charge is 0.251 e. The molecule has 0 spiro atoms. The molecular formula is C17H20N2O3S2. The summed E-state index contributed by atoms with van der Waals surface area (Å²) in [6.07, 6.45) is 1.09. The van der Waals surface area contributed by atoms with E-state index in [1.54, 1.807) is 36.9 Å². The zero-order valence-electron chi connectivity index (χ0n) is 13.6. The average molecular weight is 364 g/mol. The maximum absolute atomic E-state index is 12.1. The standard InChI is InChI=1S/C17H20N2O3S2/c1-13-12-14(8-9-16(13)19-24(2,21)22)17(20)18-10-11-23-15-6-4-3-5-7-15/h3-9,12,19H,10-11H2,1-2H3,(H,18,20). The van der Waals surface area contributed by atoms with Gasteiger partial charge >= 0.3 is 0 Å². The summed E-state index contributed by atoms with van der Waals surface area (Å²) in [6.45, 7) is 2.32. The molecule has 0 aliphatic rings. The number of sulfonamides is 1. The van der Waals surface area contributed by atoms with Gasteiger partial charge in [-0.25, -0.2) is 8.42 Å². The number of carbonyl (C=O) groups excluding carboxylic acids is 1. The number of aryl methyl sites for hydroxylation is 1. The highest BCUT2D eigenvalue weighted by Crippen LogP contribution is 2.18. The number of anilines is 1. The second kappa shape index (κ2) is 8.21. The molecule has 2 aromatic carbocycles. The summed E-state index contributed by atoms with van der Waals surface area (Å²) in [6, 6.07) is 14.9. The van der Waals surface area contributed by atoms with E-state index in [4.69, 9.17) is 0 Å². The van der Waals surface area contributed by atoms with E-state index in [0.29, 0.717) is 23.4 Å². The zero-order chi connectivity index (χ0) is 17.6. The summed E-state index contributed by atoms with van der Waals surface area (Å²) < 4.78 is 25.0. The highest BCUT2D eigenvalue weighted by Gasteiger charge is 2.09. The fraction of sp³-hybridized carbons (Fsp3) is 0.235. The summed E-state index contributed by atoms with van der Waals surface area (Å²) in [5.41, 5.74) is 1.69. The Kier molecular flexibility index (Phi) is 6.28. The topological polar surface area (TPSA) is 75.3 Å². The van der Waals surface area contributed by atoms with Crippen molar-refractivity contribution in [2.45, 2.75) is 11.8 Å². The maximum Gasteiger partial charge on any atom is 0.251 e. The van der Waals surface area contributed by atoms with Crippen molar-refractivity contribution in [2.24, 2.45) is 0 Å². The van der Waals surface area contributed by atoms with Gasteiger partial charge < -0.3 is 5.32 Å². The third-order valence-electron chi connectivity index (χ3n) is 3.18. The van der Waals surface area contributed by atoms with Gasteiger partial charge in [0.15, 0.2) is 0 Å². The van der Waals surface area contributed by atoms with E-state index >= 15 is 0 Å². The van der Waals surface area contributed by atoms with Crippen molar-refractivity contribution >= 4 is 33.4 Å². The summed E-state index contributed by atoms with van der Waals surface area (Å²) in [5, 5.41) is 2.87. The monoisotopic (exact) mass is 364 g/mol. The van der Waals surface area contributed by atoms with Crippen LogP contribution in [-0.4, -0.2) is 32.9 Å². The SMILES string of the molecule is Cc1cc(C(=O)NCCSc2ccccc2)ccc1NS(C)(=O)=O. The van der Waals surface area contributed by atoms with Gasteiger partial charge in [0.1, 0.15) is 0 Å². The number of carbonyl (C=O) groups is 1. The molecule has 0 heterocycles. The highest BCUT2D eigenvalue weighted by molar-refractivity contribution is 7.99. The van der Waals surface area contributed by atoms with Crippen LogP contribution >= 0.6 is 11.8 Å². The molecule has 24 heavy (non-hydrogen) atoms. The number of benzene rings is 2. The molecular weight excluding hydrogens is 344 g/mol. The van der Waals surface area contributed by atoms with Gasteiger partial charge in [0, 0.05) is 22.8 Å². The van der Waals surface area contributed by atoms with E-state index in [1.165, 1.54) is 4.90 Å². The number of nitrogens with one attached hydrogen (secondary N) is 2. The Morgan fingerprint density at radius 1 is 1.12 bits per heavy atom. The minimum absolute atomic E-state index is 0.169. The molecule has 0 bridgehead atoms. The number of rotatable bonds is 7. The van der Waals surface area contributed by atoms with Crippen LogP contribution in [0.1, 0.15) is 15.9 Å². The van der Waals surface area contributed by atoms with Gasteiger partial charge in [-0.3, -0.25) is 9.52 Å². The molecule has 0 radical (unpaired) electrons. The molecule has 2 aromatic rings. The summed E-state index contributed by atoms with van der Waals surface area (Å²) in [5.74, 6) is 0.611. The second-order valence-corrected chi connectivity index (χ2v) is 8.24. The van der Waals surface area contributed by atoms with Crippen molar-refractivity contribution in [2.75, 3.05) is 23.3 Å². The molecule has 0 atom stereocenters. The van der Waals surface area contributed by atoms with E-state index in [0.717, 1.165) is 12.0 Å². The molecule has 0 fully saturated rings. The van der Waals surface area contributed by atoms with Crippen LogP contribution in [0, 0.1) is 6.92 Å². The molecule has 0 aliphatic heterocycles. The lowest BCUT2D eigenvalue weighted by atomic mass is 10.1. The first kappa shape index (κ1) is 18.4. The molecule has 0 aliphatic carbocycles. The van der Waals surface area contributed by atoms with Gasteiger partial charge in [0.05, 0.1) is 11.9 Å². The molecule has 1 amide bonds. The molecule has 2 N–H and O–H groups in total. The van der Waals surface area contributed by atoms with Crippen LogP contribution in [0.2, 0.25) is 0 Å². The fourth-order valence-corrected chi connectivity index (χ4v) is 3.49. The predicted molar refractivity (Wildman–Crippen MR) is 99.1 cm³/mol. The molecule has 7 heteroatoms. The molecule has 0 saturated carbocycles. The van der Waals surface area contributed by atoms with Crippen molar-refractivity contribution in [3.63, 3.8) is 0 Å². The predicted octanol–water partition coefficient (Wildman–Crippen LogP) is 2.89.